The van der Waals surface area contributed by atoms with Crippen molar-refractivity contribution in [2.24, 2.45) is 0 Å². The molecule has 0 bridgehead atoms. The van der Waals surface area contributed by atoms with E-state index in [2.05, 4.69) is 0 Å². The molecule has 2 rings (SSSR count). The Morgan fingerprint density at radius 2 is 2.43 bits per heavy atom. The molecule has 1 aromatic rings. The molecule has 74 valence electrons. The van der Waals surface area contributed by atoms with Gasteiger partial charge in [0, 0.05) is 16.9 Å². The van der Waals surface area contributed by atoms with Crippen LogP contribution in [0.2, 0.25) is 0 Å². The second-order valence-electron chi connectivity index (χ2n) is 3.57. The predicted octanol–water partition coefficient (Wildman–Crippen LogP) is 1.79. The summed E-state index contributed by atoms with van der Waals surface area (Å²) in [4.78, 5) is 9.99. The zero-order chi connectivity index (χ0) is 10.1. The van der Waals surface area contributed by atoms with Gasteiger partial charge in [0.15, 0.2) is 0 Å². The average Bonchev–Trinajstić information content (AvgIpc) is 2.42. The molecular formula is C10H11NO3. The van der Waals surface area contributed by atoms with Gasteiger partial charge in [-0.25, -0.2) is 0 Å². The number of fused-ring (bicyclic) bond motifs is 1. The minimum Gasteiger partial charge on any atom is -0.490 e. The highest BCUT2D eigenvalue weighted by Gasteiger charge is 2.19. The molecule has 1 aliphatic rings. The molecular weight excluding hydrogens is 182 g/mol. The average molecular weight is 193 g/mol. The summed E-state index contributed by atoms with van der Waals surface area (Å²) in [5, 5.41) is 10.3. The summed E-state index contributed by atoms with van der Waals surface area (Å²) in [5.74, 6) is 0.865. The summed E-state index contributed by atoms with van der Waals surface area (Å²) in [6.45, 7) is 1.88. The second-order valence-corrected chi connectivity index (χ2v) is 3.57. The Hall–Kier alpha value is -1.58. The van der Waals surface area contributed by atoms with Crippen molar-refractivity contribution in [3.63, 3.8) is 0 Å². The van der Waals surface area contributed by atoms with E-state index in [4.69, 9.17) is 4.74 Å². The normalized spacial score (nSPS) is 18.8. The Morgan fingerprint density at radius 1 is 1.64 bits per heavy atom. The summed E-state index contributed by atoms with van der Waals surface area (Å²) in [5.41, 5.74) is 1.82. The fraction of sp³-hybridized carbons (Fsp3) is 0.400. The maximum absolute atomic E-state index is 10.3. The molecule has 1 aliphatic heterocycles. The van der Waals surface area contributed by atoms with Gasteiger partial charge in [-0.2, -0.15) is 0 Å². The number of nitrogens with zero attached hydrogens (tertiary/aromatic N) is 1. The predicted molar refractivity (Wildman–Crippen MR) is 50.9 cm³/mol. The molecule has 0 aromatic heterocycles. The lowest BCUT2D eigenvalue weighted by Gasteiger charge is -2.01. The number of benzene rings is 1. The summed E-state index contributed by atoms with van der Waals surface area (Å²) in [6, 6.07) is 5.43. The Morgan fingerprint density at radius 3 is 3.14 bits per heavy atom. The van der Waals surface area contributed by atoms with Crippen LogP contribution in [0.5, 0.6) is 5.75 Å². The van der Waals surface area contributed by atoms with Crippen molar-refractivity contribution in [1.82, 2.24) is 0 Å². The molecule has 0 fully saturated rings. The van der Waals surface area contributed by atoms with Gasteiger partial charge in [-0.15, -0.1) is 0 Å². The van der Waals surface area contributed by atoms with Crippen LogP contribution in [-0.2, 0) is 13.0 Å². The van der Waals surface area contributed by atoms with Gasteiger partial charge in [0.05, 0.1) is 0 Å². The van der Waals surface area contributed by atoms with Crippen LogP contribution in [0, 0.1) is 10.1 Å². The topological polar surface area (TPSA) is 52.4 Å². The Labute approximate surface area is 81.7 Å². The number of rotatable bonds is 2. The first-order valence-electron chi connectivity index (χ1n) is 4.55. The fourth-order valence-corrected chi connectivity index (χ4v) is 1.72. The van der Waals surface area contributed by atoms with Crippen molar-refractivity contribution in [3.05, 3.63) is 39.4 Å². The van der Waals surface area contributed by atoms with E-state index in [0.717, 1.165) is 23.3 Å². The van der Waals surface area contributed by atoms with Crippen molar-refractivity contribution in [2.75, 3.05) is 0 Å². The SMILES string of the molecule is CC1Cc2cc(C[N+](=O)[O-])ccc2O1. The van der Waals surface area contributed by atoms with E-state index in [-0.39, 0.29) is 17.6 Å². The third kappa shape index (κ3) is 1.69. The van der Waals surface area contributed by atoms with Gasteiger partial charge in [0.1, 0.15) is 11.9 Å². The number of hydrogen-bond donors (Lipinski definition) is 0. The number of nitro groups is 1. The van der Waals surface area contributed by atoms with E-state index < -0.39 is 0 Å². The van der Waals surface area contributed by atoms with Crippen molar-refractivity contribution in [3.8, 4) is 5.75 Å². The molecule has 0 spiro atoms. The molecule has 0 saturated carbocycles. The van der Waals surface area contributed by atoms with Crippen LogP contribution in [0.1, 0.15) is 18.1 Å². The third-order valence-electron chi connectivity index (χ3n) is 2.27. The maximum atomic E-state index is 10.3. The first-order chi connectivity index (χ1) is 6.65. The largest absolute Gasteiger partial charge is 0.490 e. The number of hydrogen-bond acceptors (Lipinski definition) is 3. The molecule has 4 nitrogen and oxygen atoms in total. The lowest BCUT2D eigenvalue weighted by atomic mass is 10.1. The van der Waals surface area contributed by atoms with E-state index in [1.54, 1.807) is 6.07 Å². The second kappa shape index (κ2) is 3.29. The van der Waals surface area contributed by atoms with Crippen LogP contribution in [-0.4, -0.2) is 11.0 Å². The Bertz CT molecular complexity index is 376. The molecule has 1 aromatic carbocycles. The van der Waals surface area contributed by atoms with Crippen LogP contribution in [0.15, 0.2) is 18.2 Å². The minimum atomic E-state index is -0.318. The zero-order valence-corrected chi connectivity index (χ0v) is 7.90. The van der Waals surface area contributed by atoms with Crippen LogP contribution in [0.25, 0.3) is 0 Å². The molecule has 1 atom stereocenters. The smallest absolute Gasteiger partial charge is 0.228 e. The van der Waals surface area contributed by atoms with Crippen molar-refractivity contribution in [2.45, 2.75) is 26.0 Å². The van der Waals surface area contributed by atoms with Gasteiger partial charge in [-0.3, -0.25) is 10.1 Å². The Kier molecular flexibility index (Phi) is 2.11. The molecule has 1 unspecified atom stereocenters. The highest BCUT2D eigenvalue weighted by atomic mass is 16.6. The van der Waals surface area contributed by atoms with Crippen molar-refractivity contribution in [1.29, 1.82) is 0 Å². The van der Waals surface area contributed by atoms with E-state index in [1.165, 1.54) is 0 Å². The van der Waals surface area contributed by atoms with Crippen LogP contribution >= 0.6 is 0 Å². The summed E-state index contributed by atoms with van der Waals surface area (Å²) >= 11 is 0. The van der Waals surface area contributed by atoms with Gasteiger partial charge in [-0.1, -0.05) is 0 Å². The van der Waals surface area contributed by atoms with Gasteiger partial charge >= 0.3 is 0 Å². The number of ether oxygens (including phenoxy) is 1. The van der Waals surface area contributed by atoms with E-state index >= 15 is 0 Å². The summed E-state index contributed by atoms with van der Waals surface area (Å²) in [7, 11) is 0. The fourth-order valence-electron chi connectivity index (χ4n) is 1.72. The van der Waals surface area contributed by atoms with Crippen molar-refractivity contribution >= 4 is 0 Å². The third-order valence-corrected chi connectivity index (χ3v) is 2.27. The molecule has 4 heteroatoms. The van der Waals surface area contributed by atoms with Crippen LogP contribution in [0.4, 0.5) is 0 Å². The maximum Gasteiger partial charge on any atom is 0.228 e. The molecule has 1 heterocycles. The Balaban J connectivity index is 2.24. The lowest BCUT2D eigenvalue weighted by Crippen LogP contribution is -2.05. The molecule has 0 N–H and O–H groups in total. The van der Waals surface area contributed by atoms with Gasteiger partial charge in [-0.05, 0) is 30.7 Å². The molecule has 0 radical (unpaired) electrons. The molecule has 0 saturated heterocycles. The van der Waals surface area contributed by atoms with Crippen LogP contribution in [0.3, 0.4) is 0 Å². The van der Waals surface area contributed by atoms with E-state index in [0.29, 0.717) is 0 Å². The minimum absolute atomic E-state index is 0.109. The summed E-state index contributed by atoms with van der Waals surface area (Å²) in [6.07, 6.45) is 1.04. The molecule has 0 aliphatic carbocycles. The highest BCUT2D eigenvalue weighted by molar-refractivity contribution is 5.40. The molecule has 0 amide bonds. The standard InChI is InChI=1S/C10H11NO3/c1-7-4-9-5-8(6-11(12)13)2-3-10(9)14-7/h2-3,5,7H,4,6H2,1H3. The lowest BCUT2D eigenvalue weighted by molar-refractivity contribution is -0.496. The van der Waals surface area contributed by atoms with Gasteiger partial charge < -0.3 is 4.74 Å². The first-order valence-corrected chi connectivity index (χ1v) is 4.55. The van der Waals surface area contributed by atoms with Gasteiger partial charge in [0.2, 0.25) is 6.54 Å². The zero-order valence-electron chi connectivity index (χ0n) is 7.90. The molecule has 14 heavy (non-hydrogen) atoms. The van der Waals surface area contributed by atoms with Crippen molar-refractivity contribution < 1.29 is 9.66 Å². The van der Waals surface area contributed by atoms with E-state index in [1.807, 2.05) is 19.1 Å². The first kappa shape index (κ1) is 8.99. The summed E-state index contributed by atoms with van der Waals surface area (Å²) < 4.78 is 5.50. The highest BCUT2D eigenvalue weighted by Crippen LogP contribution is 2.29. The monoisotopic (exact) mass is 193 g/mol. The van der Waals surface area contributed by atoms with Gasteiger partial charge in [0.25, 0.3) is 0 Å². The quantitative estimate of drug-likeness (QED) is 0.531. The van der Waals surface area contributed by atoms with E-state index in [9.17, 15) is 10.1 Å². The van der Waals surface area contributed by atoms with Crippen LogP contribution < -0.4 is 4.74 Å².